The fourth-order valence-corrected chi connectivity index (χ4v) is 2.47. The van der Waals surface area contributed by atoms with E-state index >= 15 is 0 Å². The summed E-state index contributed by atoms with van der Waals surface area (Å²) < 4.78 is 0. The summed E-state index contributed by atoms with van der Waals surface area (Å²) in [5.74, 6) is 0. The predicted octanol–water partition coefficient (Wildman–Crippen LogP) is 7.51. The van der Waals surface area contributed by atoms with Crippen molar-refractivity contribution in [3.63, 3.8) is 0 Å². The fourth-order valence-electron chi connectivity index (χ4n) is 2.47. The summed E-state index contributed by atoms with van der Waals surface area (Å²) in [6.07, 6.45) is 21.0. The monoisotopic (exact) mass is 256 g/mol. The Bertz CT molecular complexity index is 53.3. The van der Waals surface area contributed by atoms with Gasteiger partial charge in [-0.05, 0) is 0 Å². The highest BCUT2D eigenvalue weighted by atomic mass is 14.0. The molecule has 112 valence electrons. The normalized spacial score (nSPS) is 19.3. The van der Waals surface area contributed by atoms with Crippen molar-refractivity contribution in [2.75, 3.05) is 0 Å². The zero-order valence-corrected chi connectivity index (χ0v) is 13.9. The van der Waals surface area contributed by atoms with Crippen LogP contribution in [0.15, 0.2) is 0 Å². The summed E-state index contributed by atoms with van der Waals surface area (Å²) in [6, 6.07) is 0. The van der Waals surface area contributed by atoms with Gasteiger partial charge in [-0.1, -0.05) is 118 Å². The van der Waals surface area contributed by atoms with Crippen molar-refractivity contribution in [1.29, 1.82) is 0 Å². The van der Waals surface area contributed by atoms with Crippen molar-refractivity contribution in [3.8, 4) is 0 Å². The molecule has 2 aliphatic carbocycles. The van der Waals surface area contributed by atoms with Crippen LogP contribution in [-0.2, 0) is 0 Å². The molecule has 0 bridgehead atoms. The third kappa shape index (κ3) is 18.4. The van der Waals surface area contributed by atoms with Crippen LogP contribution in [0.1, 0.15) is 118 Å². The van der Waals surface area contributed by atoms with Crippen molar-refractivity contribution in [3.05, 3.63) is 0 Å². The summed E-state index contributed by atoms with van der Waals surface area (Å²) in [5.41, 5.74) is 0. The molecule has 0 unspecified atom stereocenters. The van der Waals surface area contributed by atoms with Crippen molar-refractivity contribution < 1.29 is 0 Å². The van der Waals surface area contributed by atoms with Crippen molar-refractivity contribution in [2.24, 2.45) is 0 Å². The zero-order valence-electron chi connectivity index (χ0n) is 13.9. The molecular weight excluding hydrogens is 216 g/mol. The quantitative estimate of drug-likeness (QED) is 0.393. The van der Waals surface area contributed by atoms with E-state index in [0.717, 1.165) is 0 Å². The topological polar surface area (TPSA) is 0 Å². The maximum atomic E-state index is 2.00. The van der Waals surface area contributed by atoms with Crippen molar-refractivity contribution >= 4 is 0 Å². The molecule has 0 N–H and O–H groups in total. The minimum atomic E-state index is 1.50. The summed E-state index contributed by atoms with van der Waals surface area (Å²) in [7, 11) is 0. The van der Waals surface area contributed by atoms with Crippen LogP contribution in [0.2, 0.25) is 0 Å². The molecule has 0 spiro atoms. The van der Waals surface area contributed by atoms with Crippen molar-refractivity contribution in [1.82, 2.24) is 0 Å². The Morgan fingerprint density at radius 3 is 0.333 bits per heavy atom. The lowest BCUT2D eigenvalue weighted by Crippen LogP contribution is -1.66. The highest BCUT2D eigenvalue weighted by Crippen LogP contribution is 2.16. The smallest absolute Gasteiger partial charge is 0.0533 e. The summed E-state index contributed by atoms with van der Waals surface area (Å²) >= 11 is 0. The van der Waals surface area contributed by atoms with E-state index in [1.807, 2.05) is 27.7 Å². The van der Waals surface area contributed by atoms with Gasteiger partial charge in [0, 0.05) is 0 Å². The molecule has 0 amide bonds. The molecule has 2 saturated carbocycles. The Kier molecular flexibility index (Phi) is 25.1. The highest BCUT2D eigenvalue weighted by molar-refractivity contribution is 4.51. The Morgan fingerprint density at radius 2 is 0.278 bits per heavy atom. The predicted molar refractivity (Wildman–Crippen MR) is 87.3 cm³/mol. The molecule has 0 radical (unpaired) electrons. The van der Waals surface area contributed by atoms with Crippen LogP contribution in [-0.4, -0.2) is 0 Å². The molecule has 0 aromatic carbocycles. The second kappa shape index (κ2) is 22.2. The van der Waals surface area contributed by atoms with E-state index in [1.165, 1.54) is 89.9 Å². The molecule has 0 saturated heterocycles. The second-order valence-electron chi connectivity index (χ2n) is 4.95. The van der Waals surface area contributed by atoms with Crippen LogP contribution in [0.3, 0.4) is 0 Å². The standard InChI is InChI=1S/2C7H14.2C2H6/c2*1-2-4-6-7-5-3-1;2*1-2/h2*1-7H2;2*1-2H3. The number of hydrogen-bond donors (Lipinski definition) is 0. The van der Waals surface area contributed by atoms with E-state index in [9.17, 15) is 0 Å². The minimum absolute atomic E-state index is 1.50. The van der Waals surface area contributed by atoms with Crippen LogP contribution in [0.4, 0.5) is 0 Å². The minimum Gasteiger partial charge on any atom is -0.0683 e. The maximum Gasteiger partial charge on any atom is -0.0533 e. The first-order chi connectivity index (χ1) is 9.00. The second-order valence-corrected chi connectivity index (χ2v) is 4.95. The average molecular weight is 257 g/mol. The molecule has 0 aromatic heterocycles. The third-order valence-electron chi connectivity index (χ3n) is 3.50. The van der Waals surface area contributed by atoms with E-state index in [-0.39, 0.29) is 0 Å². The van der Waals surface area contributed by atoms with E-state index in [1.54, 1.807) is 0 Å². The first-order valence-electron chi connectivity index (χ1n) is 9.00. The SMILES string of the molecule is C1CCCCCC1.C1CCCCCC1.CC.CC. The molecule has 0 aliphatic heterocycles. The molecule has 2 aliphatic rings. The van der Waals surface area contributed by atoms with Gasteiger partial charge in [-0.25, -0.2) is 0 Å². The van der Waals surface area contributed by atoms with Crippen LogP contribution < -0.4 is 0 Å². The first-order valence-corrected chi connectivity index (χ1v) is 9.00. The van der Waals surface area contributed by atoms with Gasteiger partial charge < -0.3 is 0 Å². The molecule has 0 heteroatoms. The summed E-state index contributed by atoms with van der Waals surface area (Å²) in [5, 5.41) is 0. The lowest BCUT2D eigenvalue weighted by Gasteiger charge is -1.85. The third-order valence-corrected chi connectivity index (χ3v) is 3.50. The van der Waals surface area contributed by atoms with Gasteiger partial charge >= 0.3 is 0 Å². The van der Waals surface area contributed by atoms with E-state index in [4.69, 9.17) is 0 Å². The molecular formula is C18H40. The lowest BCUT2D eigenvalue weighted by atomic mass is 10.2. The van der Waals surface area contributed by atoms with Gasteiger partial charge in [0.2, 0.25) is 0 Å². The van der Waals surface area contributed by atoms with Crippen LogP contribution in [0.25, 0.3) is 0 Å². The van der Waals surface area contributed by atoms with E-state index in [2.05, 4.69) is 0 Å². The molecule has 2 rings (SSSR count). The Morgan fingerprint density at radius 1 is 0.222 bits per heavy atom. The summed E-state index contributed by atoms with van der Waals surface area (Å²) in [6.45, 7) is 8.00. The largest absolute Gasteiger partial charge is 0.0683 e. The van der Waals surface area contributed by atoms with Gasteiger partial charge in [0.15, 0.2) is 0 Å². The van der Waals surface area contributed by atoms with Crippen LogP contribution in [0, 0.1) is 0 Å². The fraction of sp³-hybridized carbons (Fsp3) is 1.00. The molecule has 0 heterocycles. The van der Waals surface area contributed by atoms with Gasteiger partial charge in [-0.3, -0.25) is 0 Å². The summed E-state index contributed by atoms with van der Waals surface area (Å²) in [4.78, 5) is 0. The Hall–Kier alpha value is 0. The average Bonchev–Trinajstić information content (AvgIpc) is 2.93. The Balaban J connectivity index is 0. The molecule has 18 heavy (non-hydrogen) atoms. The lowest BCUT2D eigenvalue weighted by molar-refractivity contribution is 0.702. The van der Waals surface area contributed by atoms with Gasteiger partial charge in [0.1, 0.15) is 0 Å². The molecule has 0 atom stereocenters. The van der Waals surface area contributed by atoms with E-state index in [0.29, 0.717) is 0 Å². The van der Waals surface area contributed by atoms with Crippen molar-refractivity contribution in [2.45, 2.75) is 118 Å². The Labute approximate surface area is 118 Å². The van der Waals surface area contributed by atoms with Gasteiger partial charge in [0.25, 0.3) is 0 Å². The van der Waals surface area contributed by atoms with E-state index < -0.39 is 0 Å². The van der Waals surface area contributed by atoms with Crippen LogP contribution >= 0.6 is 0 Å². The highest BCUT2D eigenvalue weighted by Gasteiger charge is 1.96. The number of rotatable bonds is 0. The number of hydrogen-bond acceptors (Lipinski definition) is 0. The van der Waals surface area contributed by atoms with Gasteiger partial charge in [-0.2, -0.15) is 0 Å². The first kappa shape index (κ1) is 20.3. The van der Waals surface area contributed by atoms with Gasteiger partial charge in [-0.15, -0.1) is 0 Å². The van der Waals surface area contributed by atoms with Crippen LogP contribution in [0.5, 0.6) is 0 Å². The molecule has 2 fully saturated rings. The zero-order chi connectivity index (χ0) is 13.9. The van der Waals surface area contributed by atoms with Gasteiger partial charge in [0.05, 0.1) is 0 Å². The molecule has 0 nitrogen and oxygen atoms in total. The maximum absolute atomic E-state index is 2.00. The molecule has 0 aromatic rings.